The van der Waals surface area contributed by atoms with Crippen molar-refractivity contribution < 1.29 is 9.53 Å². The number of carbonyl (C=O) groups is 1. The average molecular weight is 324 g/mol. The largest absolute Gasteiger partial charge is 0.462 e. The molecule has 2 rings (SSSR count). The van der Waals surface area contributed by atoms with Crippen molar-refractivity contribution in [2.24, 2.45) is 0 Å². The van der Waals surface area contributed by atoms with Crippen LogP contribution in [0.5, 0.6) is 0 Å². The van der Waals surface area contributed by atoms with Gasteiger partial charge in [-0.05, 0) is 42.8 Å². The van der Waals surface area contributed by atoms with Gasteiger partial charge in [0.25, 0.3) is 0 Å². The van der Waals surface area contributed by atoms with Gasteiger partial charge in [-0.1, -0.05) is 35.3 Å². The van der Waals surface area contributed by atoms with E-state index in [1.54, 1.807) is 25.1 Å². The Morgan fingerprint density at radius 3 is 2.52 bits per heavy atom. The molecule has 0 aliphatic carbocycles. The second-order valence-electron chi connectivity index (χ2n) is 4.36. The maximum atomic E-state index is 11.5. The van der Waals surface area contributed by atoms with Crippen LogP contribution in [0.1, 0.15) is 22.8 Å². The lowest BCUT2D eigenvalue weighted by atomic mass is 10.2. The molecular weight excluding hydrogens is 309 g/mol. The molecule has 21 heavy (non-hydrogen) atoms. The van der Waals surface area contributed by atoms with E-state index < -0.39 is 0 Å². The van der Waals surface area contributed by atoms with Crippen LogP contribution >= 0.6 is 23.2 Å². The molecule has 110 valence electrons. The van der Waals surface area contributed by atoms with Gasteiger partial charge in [-0.15, -0.1) is 0 Å². The van der Waals surface area contributed by atoms with Crippen LogP contribution in [-0.4, -0.2) is 12.6 Å². The predicted octanol–water partition coefficient (Wildman–Crippen LogP) is 4.78. The molecule has 0 saturated heterocycles. The summed E-state index contributed by atoms with van der Waals surface area (Å²) in [4.78, 5) is 11.5. The summed E-state index contributed by atoms with van der Waals surface area (Å²) >= 11 is 12.1. The van der Waals surface area contributed by atoms with E-state index in [4.69, 9.17) is 27.9 Å². The first kappa shape index (κ1) is 15.7. The topological polar surface area (TPSA) is 38.3 Å². The maximum absolute atomic E-state index is 11.5. The minimum absolute atomic E-state index is 0.318. The van der Waals surface area contributed by atoms with Crippen LogP contribution in [0.15, 0.2) is 42.5 Å². The molecule has 0 aromatic heterocycles. The van der Waals surface area contributed by atoms with Crippen LogP contribution in [0.25, 0.3) is 0 Å². The first-order valence-corrected chi connectivity index (χ1v) is 7.31. The molecule has 2 aromatic carbocycles. The number of esters is 1. The summed E-state index contributed by atoms with van der Waals surface area (Å²) in [5, 5.41) is 4.32. The highest BCUT2D eigenvalue weighted by Crippen LogP contribution is 2.26. The molecule has 0 atom stereocenters. The van der Waals surface area contributed by atoms with Gasteiger partial charge in [0, 0.05) is 12.2 Å². The van der Waals surface area contributed by atoms with Crippen LogP contribution in [0, 0.1) is 0 Å². The van der Waals surface area contributed by atoms with Gasteiger partial charge in [0.05, 0.1) is 22.2 Å². The molecule has 5 heteroatoms. The summed E-state index contributed by atoms with van der Waals surface area (Å²) < 4.78 is 4.93. The molecule has 2 aromatic rings. The lowest BCUT2D eigenvalue weighted by Gasteiger charge is -2.09. The van der Waals surface area contributed by atoms with Gasteiger partial charge in [0.2, 0.25) is 0 Å². The van der Waals surface area contributed by atoms with Gasteiger partial charge >= 0.3 is 5.97 Å². The molecule has 0 aliphatic heterocycles. The normalized spacial score (nSPS) is 10.2. The van der Waals surface area contributed by atoms with Crippen molar-refractivity contribution in [3.63, 3.8) is 0 Å². The Morgan fingerprint density at radius 2 is 1.86 bits per heavy atom. The van der Waals surface area contributed by atoms with E-state index in [2.05, 4.69) is 5.32 Å². The van der Waals surface area contributed by atoms with Crippen molar-refractivity contribution >= 4 is 34.9 Å². The number of nitrogens with one attached hydrogen (secondary N) is 1. The van der Waals surface area contributed by atoms with Gasteiger partial charge in [0.1, 0.15) is 0 Å². The highest BCUT2D eigenvalue weighted by atomic mass is 35.5. The Kier molecular flexibility index (Phi) is 5.48. The Hall–Kier alpha value is -1.71. The standard InChI is InChI=1S/C16H15Cl2NO2/c1-2-21-16(20)11-6-8-13(9-7-11)19-10-12-4-3-5-14(17)15(12)18/h3-9,19H,2,10H2,1H3. The minimum Gasteiger partial charge on any atom is -0.462 e. The summed E-state index contributed by atoms with van der Waals surface area (Å²) in [5.74, 6) is -0.318. The zero-order valence-corrected chi connectivity index (χ0v) is 13.0. The van der Waals surface area contributed by atoms with E-state index in [1.165, 1.54) is 0 Å². The number of anilines is 1. The molecule has 0 bridgehead atoms. The van der Waals surface area contributed by atoms with E-state index in [1.807, 2.05) is 24.3 Å². The first-order valence-electron chi connectivity index (χ1n) is 6.55. The van der Waals surface area contributed by atoms with E-state index in [9.17, 15) is 4.79 Å². The Balaban J connectivity index is 2.01. The fourth-order valence-corrected chi connectivity index (χ4v) is 2.21. The van der Waals surface area contributed by atoms with Gasteiger partial charge in [-0.2, -0.15) is 0 Å². The Morgan fingerprint density at radius 1 is 1.14 bits per heavy atom. The molecule has 0 unspecified atom stereocenters. The number of hydrogen-bond acceptors (Lipinski definition) is 3. The summed E-state index contributed by atoms with van der Waals surface area (Å²) in [6.45, 7) is 2.70. The van der Waals surface area contributed by atoms with Crippen molar-refractivity contribution in [1.82, 2.24) is 0 Å². The number of benzene rings is 2. The molecular formula is C16H15Cl2NO2. The molecule has 0 saturated carbocycles. The van der Waals surface area contributed by atoms with Crippen molar-refractivity contribution in [2.75, 3.05) is 11.9 Å². The number of halogens is 2. The van der Waals surface area contributed by atoms with Crippen LogP contribution in [0.3, 0.4) is 0 Å². The molecule has 0 heterocycles. The highest BCUT2D eigenvalue weighted by Gasteiger charge is 2.06. The van der Waals surface area contributed by atoms with Crippen LogP contribution in [0.4, 0.5) is 5.69 Å². The van der Waals surface area contributed by atoms with Crippen LogP contribution in [0.2, 0.25) is 10.0 Å². The lowest BCUT2D eigenvalue weighted by Crippen LogP contribution is -2.05. The van der Waals surface area contributed by atoms with Crippen LogP contribution < -0.4 is 5.32 Å². The maximum Gasteiger partial charge on any atom is 0.338 e. The quantitative estimate of drug-likeness (QED) is 0.804. The van der Waals surface area contributed by atoms with Crippen molar-refractivity contribution in [2.45, 2.75) is 13.5 Å². The molecule has 0 spiro atoms. The summed E-state index contributed by atoms with van der Waals surface area (Å²) in [6, 6.07) is 12.6. The Labute approximate surface area is 133 Å². The Bertz CT molecular complexity index is 627. The third kappa shape index (κ3) is 4.13. The minimum atomic E-state index is -0.318. The number of ether oxygens (including phenoxy) is 1. The first-order chi connectivity index (χ1) is 10.1. The number of hydrogen-bond donors (Lipinski definition) is 1. The molecule has 0 aliphatic rings. The third-order valence-corrected chi connectivity index (χ3v) is 3.77. The number of carbonyl (C=O) groups excluding carboxylic acids is 1. The molecule has 0 fully saturated rings. The summed E-state index contributed by atoms with van der Waals surface area (Å²) in [6.07, 6.45) is 0. The van der Waals surface area contributed by atoms with E-state index >= 15 is 0 Å². The zero-order valence-electron chi connectivity index (χ0n) is 11.5. The monoisotopic (exact) mass is 323 g/mol. The average Bonchev–Trinajstić information content (AvgIpc) is 2.49. The smallest absolute Gasteiger partial charge is 0.338 e. The van der Waals surface area contributed by atoms with E-state index in [0.29, 0.717) is 28.8 Å². The zero-order chi connectivity index (χ0) is 15.2. The molecule has 3 nitrogen and oxygen atoms in total. The summed E-state index contributed by atoms with van der Waals surface area (Å²) in [5.41, 5.74) is 2.33. The predicted molar refractivity (Wildman–Crippen MR) is 86.2 cm³/mol. The van der Waals surface area contributed by atoms with Gasteiger partial charge in [0.15, 0.2) is 0 Å². The number of rotatable bonds is 5. The van der Waals surface area contributed by atoms with Crippen molar-refractivity contribution in [3.05, 3.63) is 63.6 Å². The third-order valence-electron chi connectivity index (χ3n) is 2.91. The summed E-state index contributed by atoms with van der Waals surface area (Å²) in [7, 11) is 0. The molecule has 0 radical (unpaired) electrons. The molecule has 0 amide bonds. The second kappa shape index (κ2) is 7.34. The fourth-order valence-electron chi connectivity index (χ4n) is 1.82. The molecule has 1 N–H and O–H groups in total. The lowest BCUT2D eigenvalue weighted by molar-refractivity contribution is 0.0526. The van der Waals surface area contributed by atoms with Crippen molar-refractivity contribution in [1.29, 1.82) is 0 Å². The van der Waals surface area contributed by atoms with E-state index in [-0.39, 0.29) is 5.97 Å². The van der Waals surface area contributed by atoms with Gasteiger partial charge in [-0.3, -0.25) is 0 Å². The highest BCUT2D eigenvalue weighted by molar-refractivity contribution is 6.42. The van der Waals surface area contributed by atoms with E-state index in [0.717, 1.165) is 11.3 Å². The fraction of sp³-hybridized carbons (Fsp3) is 0.188. The van der Waals surface area contributed by atoms with Gasteiger partial charge in [-0.25, -0.2) is 4.79 Å². The SMILES string of the molecule is CCOC(=O)c1ccc(NCc2cccc(Cl)c2Cl)cc1. The van der Waals surface area contributed by atoms with Crippen molar-refractivity contribution in [3.8, 4) is 0 Å². The second-order valence-corrected chi connectivity index (χ2v) is 5.15. The van der Waals surface area contributed by atoms with Gasteiger partial charge < -0.3 is 10.1 Å². The van der Waals surface area contributed by atoms with Crippen LogP contribution in [-0.2, 0) is 11.3 Å².